The summed E-state index contributed by atoms with van der Waals surface area (Å²) in [5, 5.41) is 18.4. The molecule has 0 amide bonds. The summed E-state index contributed by atoms with van der Waals surface area (Å²) >= 11 is 6.00. The molecule has 0 aliphatic rings. The molecule has 0 heterocycles. The Bertz CT molecular complexity index is 365. The van der Waals surface area contributed by atoms with Crippen molar-refractivity contribution in [3.05, 3.63) is 34.9 Å². The van der Waals surface area contributed by atoms with E-state index in [4.69, 9.17) is 21.8 Å². The maximum Gasteiger partial charge on any atom is 0.306 e. The predicted octanol–water partition coefficient (Wildman–Crippen LogP) is 2.75. The van der Waals surface area contributed by atoms with E-state index >= 15 is 0 Å². The van der Waals surface area contributed by atoms with Gasteiger partial charge >= 0.3 is 5.97 Å². The molecule has 94 valence electrons. The number of hydrogen-bond donors (Lipinski definition) is 2. The lowest BCUT2D eigenvalue weighted by Crippen LogP contribution is -2.16. The average molecular weight is 257 g/mol. The molecule has 0 aliphatic heterocycles. The van der Waals surface area contributed by atoms with E-state index in [9.17, 15) is 4.79 Å². The minimum absolute atomic E-state index is 0.110. The molecule has 0 spiro atoms. The SMILES string of the molecule is O=C(O)C(CCCCO)Cc1ccccc1Cl. The fourth-order valence-corrected chi connectivity index (χ4v) is 1.96. The van der Waals surface area contributed by atoms with Crippen LogP contribution in [0, 0.1) is 5.92 Å². The first-order valence-electron chi connectivity index (χ1n) is 5.72. The zero-order valence-corrected chi connectivity index (χ0v) is 10.4. The highest BCUT2D eigenvalue weighted by Crippen LogP contribution is 2.21. The van der Waals surface area contributed by atoms with Gasteiger partial charge < -0.3 is 10.2 Å². The van der Waals surface area contributed by atoms with Crippen molar-refractivity contribution in [1.82, 2.24) is 0 Å². The van der Waals surface area contributed by atoms with E-state index in [0.717, 1.165) is 12.0 Å². The van der Waals surface area contributed by atoms with Crippen LogP contribution in [0.5, 0.6) is 0 Å². The average Bonchev–Trinajstić information content (AvgIpc) is 2.30. The van der Waals surface area contributed by atoms with Crippen LogP contribution >= 0.6 is 11.6 Å². The van der Waals surface area contributed by atoms with Crippen molar-refractivity contribution in [3.8, 4) is 0 Å². The molecule has 3 nitrogen and oxygen atoms in total. The van der Waals surface area contributed by atoms with Crippen molar-refractivity contribution in [2.45, 2.75) is 25.7 Å². The largest absolute Gasteiger partial charge is 0.481 e. The van der Waals surface area contributed by atoms with Gasteiger partial charge in [-0.2, -0.15) is 0 Å². The first kappa shape index (κ1) is 14.0. The van der Waals surface area contributed by atoms with E-state index in [1.165, 1.54) is 0 Å². The predicted molar refractivity (Wildman–Crippen MR) is 67.2 cm³/mol. The number of aliphatic hydroxyl groups is 1. The third kappa shape index (κ3) is 4.75. The quantitative estimate of drug-likeness (QED) is 0.738. The van der Waals surface area contributed by atoms with Crippen molar-refractivity contribution >= 4 is 17.6 Å². The van der Waals surface area contributed by atoms with Crippen LogP contribution in [0.1, 0.15) is 24.8 Å². The fraction of sp³-hybridized carbons (Fsp3) is 0.462. The lowest BCUT2D eigenvalue weighted by molar-refractivity contribution is -0.142. The number of aliphatic carboxylic acids is 1. The Morgan fingerprint density at radius 2 is 2.00 bits per heavy atom. The van der Waals surface area contributed by atoms with Gasteiger partial charge in [0.15, 0.2) is 0 Å². The molecule has 0 bridgehead atoms. The highest BCUT2D eigenvalue weighted by atomic mass is 35.5. The van der Waals surface area contributed by atoms with Gasteiger partial charge in [0.2, 0.25) is 0 Å². The molecule has 0 radical (unpaired) electrons. The van der Waals surface area contributed by atoms with Crippen molar-refractivity contribution in [3.63, 3.8) is 0 Å². The molecule has 0 saturated carbocycles. The van der Waals surface area contributed by atoms with E-state index in [1.54, 1.807) is 6.07 Å². The number of benzene rings is 1. The standard InChI is InChI=1S/C13H17ClO3/c14-12-7-2-1-5-10(12)9-11(13(16)17)6-3-4-8-15/h1-2,5,7,11,15H,3-4,6,8-9H2,(H,16,17). The van der Waals surface area contributed by atoms with Crippen LogP contribution in [-0.4, -0.2) is 22.8 Å². The van der Waals surface area contributed by atoms with Crippen molar-refractivity contribution in [2.75, 3.05) is 6.61 Å². The molecular formula is C13H17ClO3. The summed E-state index contributed by atoms with van der Waals surface area (Å²) in [4.78, 5) is 11.1. The highest BCUT2D eigenvalue weighted by Gasteiger charge is 2.18. The second kappa shape index (κ2) is 7.30. The van der Waals surface area contributed by atoms with Gasteiger partial charge in [-0.1, -0.05) is 36.2 Å². The van der Waals surface area contributed by atoms with Gasteiger partial charge in [-0.15, -0.1) is 0 Å². The molecule has 2 N–H and O–H groups in total. The summed E-state index contributed by atoms with van der Waals surface area (Å²) in [5.74, 6) is -1.23. The maximum absolute atomic E-state index is 11.1. The third-order valence-corrected chi connectivity index (χ3v) is 3.10. The number of carbonyl (C=O) groups is 1. The van der Waals surface area contributed by atoms with E-state index in [-0.39, 0.29) is 6.61 Å². The molecule has 17 heavy (non-hydrogen) atoms. The van der Waals surface area contributed by atoms with Crippen LogP contribution in [0.25, 0.3) is 0 Å². The zero-order valence-electron chi connectivity index (χ0n) is 9.60. The first-order chi connectivity index (χ1) is 8.15. The number of hydrogen-bond acceptors (Lipinski definition) is 2. The smallest absolute Gasteiger partial charge is 0.306 e. The highest BCUT2D eigenvalue weighted by molar-refractivity contribution is 6.31. The number of carboxylic acids is 1. The molecule has 0 fully saturated rings. The minimum Gasteiger partial charge on any atom is -0.481 e. The summed E-state index contributed by atoms with van der Waals surface area (Å²) in [5.41, 5.74) is 0.866. The molecule has 0 saturated heterocycles. The molecule has 1 unspecified atom stereocenters. The monoisotopic (exact) mass is 256 g/mol. The second-order valence-corrected chi connectivity index (χ2v) is 4.46. The molecule has 1 atom stereocenters. The molecule has 1 aromatic carbocycles. The normalized spacial score (nSPS) is 12.4. The van der Waals surface area contributed by atoms with Crippen LogP contribution < -0.4 is 0 Å². The summed E-state index contributed by atoms with van der Waals surface area (Å²) < 4.78 is 0. The zero-order chi connectivity index (χ0) is 12.7. The summed E-state index contributed by atoms with van der Waals surface area (Å²) in [6, 6.07) is 7.30. The van der Waals surface area contributed by atoms with E-state index < -0.39 is 11.9 Å². The van der Waals surface area contributed by atoms with Gasteiger partial charge in [-0.25, -0.2) is 0 Å². The van der Waals surface area contributed by atoms with Crippen molar-refractivity contribution in [1.29, 1.82) is 0 Å². The van der Waals surface area contributed by atoms with Crippen LogP contribution in [0.4, 0.5) is 0 Å². The Balaban J connectivity index is 2.61. The fourth-order valence-electron chi connectivity index (χ4n) is 1.74. The van der Waals surface area contributed by atoms with Gasteiger partial charge in [0.05, 0.1) is 5.92 Å². The molecule has 1 aromatic rings. The number of unbranched alkanes of at least 4 members (excludes halogenated alkanes) is 1. The Labute approximate surface area is 106 Å². The number of carboxylic acid groups (broad SMARTS) is 1. The van der Waals surface area contributed by atoms with Crippen LogP contribution in [0.2, 0.25) is 5.02 Å². The molecule has 0 aliphatic carbocycles. The lowest BCUT2D eigenvalue weighted by atomic mass is 9.94. The maximum atomic E-state index is 11.1. The van der Waals surface area contributed by atoms with Gasteiger partial charge in [-0.3, -0.25) is 4.79 Å². The Kier molecular flexibility index (Phi) is 6.01. The van der Waals surface area contributed by atoms with Gasteiger partial charge in [0, 0.05) is 11.6 Å². The van der Waals surface area contributed by atoms with E-state index in [2.05, 4.69) is 0 Å². The lowest BCUT2D eigenvalue weighted by Gasteiger charge is -2.12. The number of aliphatic hydroxyl groups excluding tert-OH is 1. The van der Waals surface area contributed by atoms with Crippen molar-refractivity contribution < 1.29 is 15.0 Å². The molecule has 1 rings (SSSR count). The van der Waals surface area contributed by atoms with Crippen LogP contribution in [0.15, 0.2) is 24.3 Å². The summed E-state index contributed by atoms with van der Waals surface area (Å²) in [6.07, 6.45) is 2.38. The Morgan fingerprint density at radius 3 is 2.59 bits per heavy atom. The van der Waals surface area contributed by atoms with Gasteiger partial charge in [-0.05, 0) is 30.9 Å². The van der Waals surface area contributed by atoms with Gasteiger partial charge in [0.25, 0.3) is 0 Å². The Morgan fingerprint density at radius 1 is 1.29 bits per heavy atom. The molecular weight excluding hydrogens is 240 g/mol. The number of rotatable bonds is 7. The topological polar surface area (TPSA) is 57.5 Å². The number of halogens is 1. The second-order valence-electron chi connectivity index (χ2n) is 4.05. The Hall–Kier alpha value is -1.06. The summed E-state index contributed by atoms with van der Waals surface area (Å²) in [6.45, 7) is 0.110. The van der Waals surface area contributed by atoms with E-state index in [1.807, 2.05) is 18.2 Å². The molecule has 0 aromatic heterocycles. The van der Waals surface area contributed by atoms with E-state index in [0.29, 0.717) is 24.3 Å². The van der Waals surface area contributed by atoms with Gasteiger partial charge in [0.1, 0.15) is 0 Å². The van der Waals surface area contributed by atoms with Crippen molar-refractivity contribution in [2.24, 2.45) is 5.92 Å². The molecule has 4 heteroatoms. The summed E-state index contributed by atoms with van der Waals surface area (Å²) in [7, 11) is 0. The third-order valence-electron chi connectivity index (χ3n) is 2.73. The minimum atomic E-state index is -0.803. The first-order valence-corrected chi connectivity index (χ1v) is 6.10. The van der Waals surface area contributed by atoms with Crippen LogP contribution in [-0.2, 0) is 11.2 Å². The van der Waals surface area contributed by atoms with Crippen LogP contribution in [0.3, 0.4) is 0 Å².